The molecule has 0 radical (unpaired) electrons. The van der Waals surface area contributed by atoms with Crippen molar-refractivity contribution in [3.8, 4) is 0 Å². The van der Waals surface area contributed by atoms with Gasteiger partial charge in [0, 0.05) is 12.8 Å². The van der Waals surface area contributed by atoms with Crippen molar-refractivity contribution < 1.29 is 34.1 Å². The van der Waals surface area contributed by atoms with Crippen molar-refractivity contribution in [2.24, 2.45) is 0 Å². The third-order valence-corrected chi connectivity index (χ3v) is 9.35. The molecule has 0 aromatic carbocycles. The first kappa shape index (κ1) is 46.8. The first-order valence-corrected chi connectivity index (χ1v) is 20.4. The minimum atomic E-state index is -1.38. The van der Waals surface area contributed by atoms with E-state index in [2.05, 4.69) is 24.5 Å². The summed E-state index contributed by atoms with van der Waals surface area (Å²) in [4.78, 5) is 47.4. The fourth-order valence-electron chi connectivity index (χ4n) is 6.19. The molecule has 0 fully saturated rings. The molecular weight excluding hydrogens is 620 g/mol. The monoisotopic (exact) mass is 697 g/mol. The molecule has 0 bridgehead atoms. The number of rotatable bonds is 37. The standard InChI is InChI=1S/C40H76N2O7/c1-3-5-7-9-11-13-14-15-16-17-19-24-28-32-39(46)49-35(29-25-21-18-12-10-8-6-4-2)30-26-22-20-23-27-31-37(44)41-33-38(45)42-36(34-43)40(47)48/h35-36,43H,3-34H2,1-2H3,(H,41,44)(H,42,45)(H,47,48). The largest absolute Gasteiger partial charge is 0.480 e. The van der Waals surface area contributed by atoms with Crippen LogP contribution in [-0.4, -0.2) is 59.3 Å². The first-order chi connectivity index (χ1) is 23.8. The van der Waals surface area contributed by atoms with E-state index in [0.717, 1.165) is 57.8 Å². The van der Waals surface area contributed by atoms with Gasteiger partial charge in [-0.3, -0.25) is 14.4 Å². The number of hydrogen-bond acceptors (Lipinski definition) is 6. The molecule has 0 saturated heterocycles. The molecule has 0 rings (SSSR count). The van der Waals surface area contributed by atoms with Gasteiger partial charge in [-0.1, -0.05) is 155 Å². The Bertz CT molecular complexity index is 807. The van der Waals surface area contributed by atoms with Gasteiger partial charge in [0.2, 0.25) is 11.8 Å². The number of ether oxygens (including phenoxy) is 1. The molecule has 9 heteroatoms. The molecule has 0 aromatic heterocycles. The fourth-order valence-corrected chi connectivity index (χ4v) is 6.19. The average molecular weight is 697 g/mol. The quantitative estimate of drug-likeness (QED) is 0.0375. The molecule has 0 heterocycles. The zero-order valence-electron chi connectivity index (χ0n) is 31.7. The minimum Gasteiger partial charge on any atom is -0.480 e. The second-order valence-corrected chi connectivity index (χ2v) is 14.1. The van der Waals surface area contributed by atoms with Gasteiger partial charge in [-0.05, 0) is 38.5 Å². The Morgan fingerprint density at radius 2 is 0.918 bits per heavy atom. The third-order valence-electron chi connectivity index (χ3n) is 9.35. The van der Waals surface area contributed by atoms with Crippen LogP contribution in [0, 0.1) is 0 Å². The van der Waals surface area contributed by atoms with E-state index >= 15 is 0 Å². The third kappa shape index (κ3) is 32.8. The summed E-state index contributed by atoms with van der Waals surface area (Å²) in [6.45, 7) is 3.48. The summed E-state index contributed by atoms with van der Waals surface area (Å²) in [5.41, 5.74) is 0. The summed E-state index contributed by atoms with van der Waals surface area (Å²) >= 11 is 0. The maximum atomic E-state index is 12.7. The molecule has 0 aliphatic heterocycles. The number of unbranched alkanes of at least 4 members (excludes halogenated alkanes) is 23. The van der Waals surface area contributed by atoms with E-state index in [1.807, 2.05) is 0 Å². The van der Waals surface area contributed by atoms with E-state index in [-0.39, 0.29) is 24.5 Å². The Labute approximate surface area is 299 Å². The number of carboxylic acid groups (broad SMARTS) is 1. The van der Waals surface area contributed by atoms with Crippen molar-refractivity contribution >= 4 is 23.8 Å². The Kier molecular flexibility index (Phi) is 34.1. The van der Waals surface area contributed by atoms with E-state index < -0.39 is 24.5 Å². The molecule has 0 saturated carbocycles. The van der Waals surface area contributed by atoms with Crippen LogP contribution in [0.4, 0.5) is 0 Å². The van der Waals surface area contributed by atoms with Gasteiger partial charge >= 0.3 is 11.9 Å². The Morgan fingerprint density at radius 1 is 0.531 bits per heavy atom. The Morgan fingerprint density at radius 3 is 1.33 bits per heavy atom. The molecule has 0 aliphatic rings. The number of hydrogen-bond donors (Lipinski definition) is 4. The van der Waals surface area contributed by atoms with Crippen LogP contribution in [0.15, 0.2) is 0 Å². The first-order valence-electron chi connectivity index (χ1n) is 20.4. The molecule has 2 unspecified atom stereocenters. The summed E-state index contributed by atoms with van der Waals surface area (Å²) in [6.07, 6.45) is 34.1. The number of aliphatic hydroxyl groups is 1. The molecule has 0 spiro atoms. The normalized spacial score (nSPS) is 12.4. The second kappa shape index (κ2) is 35.7. The number of esters is 1. The van der Waals surface area contributed by atoms with Gasteiger partial charge in [0.15, 0.2) is 0 Å². The van der Waals surface area contributed by atoms with Crippen LogP contribution < -0.4 is 10.6 Å². The molecular formula is C40H76N2O7. The van der Waals surface area contributed by atoms with Gasteiger partial charge in [0.1, 0.15) is 12.1 Å². The van der Waals surface area contributed by atoms with E-state index in [9.17, 15) is 19.2 Å². The van der Waals surface area contributed by atoms with Gasteiger partial charge in [0.05, 0.1) is 13.2 Å². The molecule has 0 aromatic rings. The average Bonchev–Trinajstić information content (AvgIpc) is 3.08. The number of carboxylic acids is 1. The lowest BCUT2D eigenvalue weighted by molar-refractivity contribution is -0.150. The van der Waals surface area contributed by atoms with E-state index in [0.29, 0.717) is 19.3 Å². The SMILES string of the molecule is CCCCCCCCCCCCCCCC(=O)OC(CCCCCCCCCC)CCCCCCCC(=O)NCC(=O)NC(CO)C(=O)O. The van der Waals surface area contributed by atoms with Crippen molar-refractivity contribution in [1.82, 2.24) is 10.6 Å². The smallest absolute Gasteiger partial charge is 0.328 e. The lowest BCUT2D eigenvalue weighted by Crippen LogP contribution is -2.47. The summed E-state index contributed by atoms with van der Waals surface area (Å²) in [7, 11) is 0. The van der Waals surface area contributed by atoms with Crippen LogP contribution in [0.5, 0.6) is 0 Å². The van der Waals surface area contributed by atoms with Crippen molar-refractivity contribution in [2.75, 3.05) is 13.2 Å². The zero-order valence-corrected chi connectivity index (χ0v) is 31.7. The van der Waals surface area contributed by atoms with Crippen LogP contribution in [0.3, 0.4) is 0 Å². The molecule has 9 nitrogen and oxygen atoms in total. The lowest BCUT2D eigenvalue weighted by atomic mass is 10.0. The molecule has 2 atom stereocenters. The summed E-state index contributed by atoms with van der Waals surface area (Å²) in [5, 5.41) is 22.5. The van der Waals surface area contributed by atoms with Crippen LogP contribution in [0.2, 0.25) is 0 Å². The highest BCUT2D eigenvalue weighted by Gasteiger charge is 2.19. The molecule has 49 heavy (non-hydrogen) atoms. The number of carbonyl (C=O) groups is 4. The Balaban J connectivity index is 4.19. The highest BCUT2D eigenvalue weighted by molar-refractivity contribution is 5.87. The summed E-state index contributed by atoms with van der Waals surface area (Å²) < 4.78 is 6.00. The van der Waals surface area contributed by atoms with Crippen molar-refractivity contribution in [3.63, 3.8) is 0 Å². The maximum absolute atomic E-state index is 12.7. The number of aliphatic hydroxyl groups excluding tert-OH is 1. The van der Waals surface area contributed by atoms with Crippen molar-refractivity contribution in [1.29, 1.82) is 0 Å². The van der Waals surface area contributed by atoms with Gasteiger partial charge in [-0.25, -0.2) is 4.79 Å². The molecule has 0 aliphatic carbocycles. The summed E-state index contributed by atoms with van der Waals surface area (Å²) in [5.74, 6) is -2.28. The van der Waals surface area contributed by atoms with Crippen LogP contribution >= 0.6 is 0 Å². The zero-order chi connectivity index (χ0) is 36.2. The molecule has 4 N–H and O–H groups in total. The topological polar surface area (TPSA) is 142 Å². The van der Waals surface area contributed by atoms with Gasteiger partial charge in [-0.15, -0.1) is 0 Å². The minimum absolute atomic E-state index is 0.00181. The lowest BCUT2D eigenvalue weighted by Gasteiger charge is -2.18. The second-order valence-electron chi connectivity index (χ2n) is 14.1. The van der Waals surface area contributed by atoms with Crippen LogP contribution in [0.1, 0.15) is 206 Å². The fraction of sp³-hybridized carbons (Fsp3) is 0.900. The van der Waals surface area contributed by atoms with Crippen LogP contribution in [-0.2, 0) is 23.9 Å². The van der Waals surface area contributed by atoms with E-state index in [1.165, 1.54) is 116 Å². The van der Waals surface area contributed by atoms with E-state index in [4.69, 9.17) is 14.9 Å². The Hall–Kier alpha value is -2.16. The predicted molar refractivity (Wildman–Crippen MR) is 199 cm³/mol. The molecule has 288 valence electrons. The number of carbonyl (C=O) groups excluding carboxylic acids is 3. The van der Waals surface area contributed by atoms with Gasteiger partial charge in [0.25, 0.3) is 0 Å². The number of amides is 2. The van der Waals surface area contributed by atoms with Crippen molar-refractivity contribution in [2.45, 2.75) is 219 Å². The van der Waals surface area contributed by atoms with Gasteiger partial charge in [-0.2, -0.15) is 0 Å². The highest BCUT2D eigenvalue weighted by Crippen LogP contribution is 2.19. The van der Waals surface area contributed by atoms with E-state index in [1.54, 1.807) is 0 Å². The van der Waals surface area contributed by atoms with Gasteiger partial charge < -0.3 is 25.6 Å². The van der Waals surface area contributed by atoms with Crippen molar-refractivity contribution in [3.05, 3.63) is 0 Å². The number of nitrogens with one attached hydrogen (secondary N) is 2. The van der Waals surface area contributed by atoms with Crippen LogP contribution in [0.25, 0.3) is 0 Å². The highest BCUT2D eigenvalue weighted by atomic mass is 16.5. The summed E-state index contributed by atoms with van der Waals surface area (Å²) in [6, 6.07) is -1.38. The maximum Gasteiger partial charge on any atom is 0.328 e. The molecule has 2 amide bonds. The predicted octanol–water partition coefficient (Wildman–Crippen LogP) is 9.32. The number of aliphatic carboxylic acids is 1.